The highest BCUT2D eigenvalue weighted by atomic mass is 32.2. The third-order valence-corrected chi connectivity index (χ3v) is 4.26. The Morgan fingerprint density at radius 2 is 2.17 bits per heavy atom. The summed E-state index contributed by atoms with van der Waals surface area (Å²) < 4.78 is 0. The molecule has 1 fully saturated rings. The normalized spacial score (nSPS) is 16.4. The van der Waals surface area contributed by atoms with Gasteiger partial charge in [-0.1, -0.05) is 12.1 Å². The van der Waals surface area contributed by atoms with Crippen molar-refractivity contribution in [3.05, 3.63) is 29.8 Å². The highest BCUT2D eigenvalue weighted by molar-refractivity contribution is 7.99. The van der Waals surface area contributed by atoms with E-state index < -0.39 is 0 Å². The fraction of sp³-hybridized carbons (Fsp3) is 0.500. The molecule has 1 aromatic carbocycles. The molecule has 0 saturated carbocycles. The molecular formula is C14H19NO2S. The molecule has 0 radical (unpaired) electrons. The van der Waals surface area contributed by atoms with Crippen LogP contribution in [0.5, 0.6) is 5.75 Å². The van der Waals surface area contributed by atoms with E-state index in [4.69, 9.17) is 0 Å². The molecule has 0 spiro atoms. The topological polar surface area (TPSA) is 49.3 Å². The van der Waals surface area contributed by atoms with E-state index in [0.29, 0.717) is 18.9 Å². The summed E-state index contributed by atoms with van der Waals surface area (Å²) in [6.45, 7) is 0.495. The van der Waals surface area contributed by atoms with Crippen LogP contribution in [0, 0.1) is 5.92 Å². The van der Waals surface area contributed by atoms with Crippen molar-refractivity contribution in [3.8, 4) is 5.75 Å². The van der Waals surface area contributed by atoms with E-state index in [2.05, 4.69) is 5.32 Å². The maximum Gasteiger partial charge on any atom is 0.220 e. The van der Waals surface area contributed by atoms with Crippen molar-refractivity contribution in [2.75, 3.05) is 11.5 Å². The number of hydrogen-bond donors (Lipinski definition) is 2. The molecule has 1 aliphatic rings. The Bertz CT molecular complexity index is 403. The number of phenolic OH excluding ortho intramolecular Hbond substituents is 1. The smallest absolute Gasteiger partial charge is 0.220 e. The van der Waals surface area contributed by atoms with Gasteiger partial charge in [-0.15, -0.1) is 0 Å². The van der Waals surface area contributed by atoms with Gasteiger partial charge in [-0.25, -0.2) is 0 Å². The third-order valence-electron chi connectivity index (χ3n) is 3.22. The van der Waals surface area contributed by atoms with Gasteiger partial charge in [-0.3, -0.25) is 4.79 Å². The van der Waals surface area contributed by atoms with E-state index >= 15 is 0 Å². The van der Waals surface area contributed by atoms with E-state index in [1.54, 1.807) is 18.2 Å². The lowest BCUT2D eigenvalue weighted by Crippen LogP contribution is -2.26. The molecule has 2 rings (SSSR count). The number of nitrogens with one attached hydrogen (secondary N) is 1. The summed E-state index contributed by atoms with van der Waals surface area (Å²) in [6, 6.07) is 7.00. The molecule has 1 amide bonds. The van der Waals surface area contributed by atoms with Crippen molar-refractivity contribution in [2.45, 2.75) is 25.8 Å². The fourth-order valence-electron chi connectivity index (χ4n) is 2.15. The quantitative estimate of drug-likeness (QED) is 0.879. The Balaban J connectivity index is 1.74. The van der Waals surface area contributed by atoms with Crippen LogP contribution in [-0.4, -0.2) is 22.5 Å². The fourth-order valence-corrected chi connectivity index (χ4v) is 3.36. The van der Waals surface area contributed by atoms with Crippen LogP contribution in [0.3, 0.4) is 0 Å². The molecule has 1 aromatic rings. The number of carbonyl (C=O) groups excluding carboxylic acids is 1. The first-order valence-electron chi connectivity index (χ1n) is 6.36. The summed E-state index contributed by atoms with van der Waals surface area (Å²) in [5, 5.41) is 12.2. The zero-order chi connectivity index (χ0) is 12.8. The summed E-state index contributed by atoms with van der Waals surface area (Å²) in [5.74, 6) is 3.28. The Morgan fingerprint density at radius 1 is 1.39 bits per heavy atom. The zero-order valence-electron chi connectivity index (χ0n) is 10.4. The van der Waals surface area contributed by atoms with Crippen molar-refractivity contribution < 1.29 is 9.90 Å². The molecule has 0 aromatic heterocycles. The first kappa shape index (κ1) is 13.3. The number of thioether (sulfide) groups is 1. The molecule has 0 unspecified atom stereocenters. The molecule has 18 heavy (non-hydrogen) atoms. The van der Waals surface area contributed by atoms with Crippen LogP contribution in [0.2, 0.25) is 0 Å². The van der Waals surface area contributed by atoms with Crippen LogP contribution in [-0.2, 0) is 11.3 Å². The highest BCUT2D eigenvalue weighted by Crippen LogP contribution is 2.25. The minimum Gasteiger partial charge on any atom is -0.508 e. The van der Waals surface area contributed by atoms with Crippen LogP contribution >= 0.6 is 11.8 Å². The molecule has 98 valence electrons. The monoisotopic (exact) mass is 265 g/mol. The number of benzene rings is 1. The van der Waals surface area contributed by atoms with Crippen molar-refractivity contribution in [1.82, 2.24) is 5.32 Å². The standard InChI is InChI=1S/C14H19NO2S/c16-13-3-1-2-12(8-13)10-15-14(17)9-11-4-6-18-7-5-11/h1-3,8,11,16H,4-7,9-10H2,(H,15,17). The van der Waals surface area contributed by atoms with Gasteiger partial charge in [0.15, 0.2) is 0 Å². The van der Waals surface area contributed by atoms with Crippen molar-refractivity contribution in [2.24, 2.45) is 5.92 Å². The SMILES string of the molecule is O=C(CC1CCSCC1)NCc1cccc(O)c1. The van der Waals surface area contributed by atoms with Gasteiger partial charge >= 0.3 is 0 Å². The summed E-state index contributed by atoms with van der Waals surface area (Å²) in [6.07, 6.45) is 2.95. The summed E-state index contributed by atoms with van der Waals surface area (Å²) in [5.41, 5.74) is 0.933. The highest BCUT2D eigenvalue weighted by Gasteiger charge is 2.16. The van der Waals surface area contributed by atoms with Gasteiger partial charge in [0.1, 0.15) is 5.75 Å². The second kappa shape index (κ2) is 6.69. The summed E-state index contributed by atoms with van der Waals surface area (Å²) >= 11 is 1.98. The van der Waals surface area contributed by atoms with Crippen molar-refractivity contribution in [3.63, 3.8) is 0 Å². The number of hydrogen-bond acceptors (Lipinski definition) is 3. The van der Waals surface area contributed by atoms with Crippen LogP contribution in [0.1, 0.15) is 24.8 Å². The molecule has 2 N–H and O–H groups in total. The van der Waals surface area contributed by atoms with Crippen molar-refractivity contribution in [1.29, 1.82) is 0 Å². The van der Waals surface area contributed by atoms with Gasteiger partial charge in [0.05, 0.1) is 0 Å². The molecule has 0 atom stereocenters. The minimum atomic E-state index is 0.121. The molecule has 1 saturated heterocycles. The number of carbonyl (C=O) groups is 1. The Kier molecular flexibility index (Phi) is 4.93. The average molecular weight is 265 g/mol. The van der Waals surface area contributed by atoms with Crippen LogP contribution < -0.4 is 5.32 Å². The van der Waals surface area contributed by atoms with Gasteiger partial charge in [0.2, 0.25) is 5.91 Å². The molecule has 0 bridgehead atoms. The van der Waals surface area contributed by atoms with Gasteiger partial charge in [-0.2, -0.15) is 11.8 Å². The van der Waals surface area contributed by atoms with Gasteiger partial charge < -0.3 is 10.4 Å². The Hall–Kier alpha value is -1.16. The van der Waals surface area contributed by atoms with Gasteiger partial charge in [-0.05, 0) is 48.0 Å². The molecule has 3 nitrogen and oxygen atoms in total. The van der Waals surface area contributed by atoms with Gasteiger partial charge in [0, 0.05) is 13.0 Å². The molecule has 0 aliphatic carbocycles. The lowest BCUT2D eigenvalue weighted by atomic mass is 9.98. The number of phenols is 1. The number of rotatable bonds is 4. The largest absolute Gasteiger partial charge is 0.508 e. The maximum atomic E-state index is 11.8. The average Bonchev–Trinajstić information content (AvgIpc) is 2.38. The molecular weight excluding hydrogens is 246 g/mol. The van der Waals surface area contributed by atoms with E-state index in [1.165, 1.54) is 11.5 Å². The lowest BCUT2D eigenvalue weighted by Gasteiger charge is -2.20. The maximum absolute atomic E-state index is 11.8. The van der Waals surface area contributed by atoms with Gasteiger partial charge in [0.25, 0.3) is 0 Å². The lowest BCUT2D eigenvalue weighted by molar-refractivity contribution is -0.122. The van der Waals surface area contributed by atoms with E-state index in [0.717, 1.165) is 18.4 Å². The number of amides is 1. The molecule has 1 heterocycles. The Morgan fingerprint density at radius 3 is 2.89 bits per heavy atom. The van der Waals surface area contributed by atoms with Crippen LogP contribution in [0.4, 0.5) is 0 Å². The predicted molar refractivity (Wildman–Crippen MR) is 74.6 cm³/mol. The zero-order valence-corrected chi connectivity index (χ0v) is 11.2. The van der Waals surface area contributed by atoms with Crippen molar-refractivity contribution >= 4 is 17.7 Å². The summed E-state index contributed by atoms with van der Waals surface area (Å²) in [7, 11) is 0. The van der Waals surface area contributed by atoms with Crippen LogP contribution in [0.15, 0.2) is 24.3 Å². The third kappa shape index (κ3) is 4.26. The predicted octanol–water partition coefficient (Wildman–Crippen LogP) is 2.54. The van der Waals surface area contributed by atoms with E-state index in [-0.39, 0.29) is 11.7 Å². The summed E-state index contributed by atoms with van der Waals surface area (Å²) in [4.78, 5) is 11.8. The Labute approximate surface area is 112 Å². The molecule has 1 aliphatic heterocycles. The van der Waals surface area contributed by atoms with Crippen LogP contribution in [0.25, 0.3) is 0 Å². The molecule has 4 heteroatoms. The minimum absolute atomic E-state index is 0.121. The second-order valence-corrected chi connectivity index (χ2v) is 5.93. The second-order valence-electron chi connectivity index (χ2n) is 4.71. The van der Waals surface area contributed by atoms with E-state index in [1.807, 2.05) is 17.8 Å². The first-order chi connectivity index (χ1) is 8.74. The first-order valence-corrected chi connectivity index (χ1v) is 7.52. The number of aromatic hydroxyl groups is 1. The van der Waals surface area contributed by atoms with E-state index in [9.17, 15) is 9.90 Å².